The lowest BCUT2D eigenvalue weighted by Gasteiger charge is -2.39. The first-order valence-electron chi connectivity index (χ1n) is 16.1. The van der Waals surface area contributed by atoms with Crippen molar-refractivity contribution in [2.45, 2.75) is 61.7 Å². The molecule has 46 heavy (non-hydrogen) atoms. The number of amides is 2. The van der Waals surface area contributed by atoms with E-state index in [0.29, 0.717) is 30.5 Å². The summed E-state index contributed by atoms with van der Waals surface area (Å²) in [5, 5.41) is 10.8. The number of hydrogen-bond acceptors (Lipinski definition) is 7. The lowest BCUT2D eigenvalue weighted by Crippen LogP contribution is -2.57. The smallest absolute Gasteiger partial charge is 0.312 e. The van der Waals surface area contributed by atoms with Gasteiger partial charge in [-0.05, 0) is 62.9 Å². The zero-order valence-electron chi connectivity index (χ0n) is 26.6. The molecule has 3 aliphatic rings. The summed E-state index contributed by atoms with van der Waals surface area (Å²) in [6.07, 6.45) is 4.43. The molecular weight excluding hydrogens is 650 g/mol. The van der Waals surface area contributed by atoms with Gasteiger partial charge in [-0.3, -0.25) is 14.4 Å². The molecule has 3 heterocycles. The van der Waals surface area contributed by atoms with E-state index in [1.807, 2.05) is 54.6 Å². The second kappa shape index (κ2) is 14.5. The zero-order chi connectivity index (χ0) is 33.0. The quantitative estimate of drug-likeness (QED) is 0.121. The van der Waals surface area contributed by atoms with E-state index in [9.17, 15) is 19.5 Å². The molecule has 3 unspecified atom stereocenters. The van der Waals surface area contributed by atoms with Crippen LogP contribution in [0.3, 0.4) is 0 Å². The Bertz CT molecular complexity index is 1420. The van der Waals surface area contributed by atoms with Crippen molar-refractivity contribution in [3.63, 3.8) is 0 Å². The molecule has 0 saturated carbocycles. The number of halogens is 1. The van der Waals surface area contributed by atoms with Gasteiger partial charge in [0.25, 0.3) is 5.91 Å². The fourth-order valence-corrected chi connectivity index (χ4v) is 8.45. The van der Waals surface area contributed by atoms with Crippen LogP contribution in [-0.4, -0.2) is 83.2 Å². The molecule has 3 aliphatic heterocycles. The molecule has 9 nitrogen and oxygen atoms in total. The monoisotopic (exact) mass is 693 g/mol. The summed E-state index contributed by atoms with van der Waals surface area (Å²) >= 11 is 3.72. The van der Waals surface area contributed by atoms with Crippen LogP contribution < -0.4 is 9.80 Å². The molecule has 246 valence electrons. The standard InChI is InChI=1S/C36H44BrN3O6/c1-5-9-13-21-45-35(44)29-30-33(42)40(28(23-41)24-14-11-10-12-15-24)32(36(30)22-27(37)31(29)46-36)34(43)39(20-6-2)26-18-16-25(17-19-26)38(7-3)8-4/h5-6,10-12,14-19,27-32,41H,1-2,7-9,13,20-23H2,3-4H3/t27?,28-,29-,30+,31-,32?,36?/m1/s1. The second-order valence-electron chi connectivity index (χ2n) is 12.0. The molecule has 7 atom stereocenters. The number of carbonyl (C=O) groups is 3. The van der Waals surface area contributed by atoms with E-state index in [4.69, 9.17) is 9.47 Å². The maximum atomic E-state index is 15.0. The number of aliphatic hydroxyl groups is 1. The third-order valence-corrected chi connectivity index (χ3v) is 10.4. The predicted molar refractivity (Wildman–Crippen MR) is 182 cm³/mol. The largest absolute Gasteiger partial charge is 0.465 e. The van der Waals surface area contributed by atoms with Crippen molar-refractivity contribution in [1.82, 2.24) is 4.90 Å². The molecule has 1 spiro atoms. The van der Waals surface area contributed by atoms with Crippen LogP contribution in [0.15, 0.2) is 79.9 Å². The molecule has 2 amide bonds. The van der Waals surface area contributed by atoms with E-state index in [0.717, 1.165) is 18.8 Å². The Hall–Kier alpha value is -3.47. The first-order valence-corrected chi connectivity index (χ1v) is 17.0. The molecule has 0 aliphatic carbocycles. The molecule has 0 aromatic heterocycles. The van der Waals surface area contributed by atoms with Gasteiger partial charge in [0.05, 0.1) is 37.2 Å². The number of aliphatic hydroxyl groups excluding tert-OH is 1. The van der Waals surface area contributed by atoms with Crippen molar-refractivity contribution in [1.29, 1.82) is 0 Å². The van der Waals surface area contributed by atoms with Crippen LogP contribution in [0.5, 0.6) is 0 Å². The molecule has 2 bridgehead atoms. The minimum absolute atomic E-state index is 0.188. The minimum atomic E-state index is -1.30. The number of allylic oxidation sites excluding steroid dienone is 1. The Morgan fingerprint density at radius 1 is 1.11 bits per heavy atom. The van der Waals surface area contributed by atoms with E-state index in [1.165, 1.54) is 4.90 Å². The molecule has 2 aromatic rings. The van der Waals surface area contributed by atoms with Gasteiger partial charge in [0.2, 0.25) is 5.91 Å². The average molecular weight is 695 g/mol. The van der Waals surface area contributed by atoms with Gasteiger partial charge in [0, 0.05) is 35.8 Å². The highest BCUT2D eigenvalue weighted by Gasteiger charge is 2.77. The maximum absolute atomic E-state index is 15.0. The first kappa shape index (κ1) is 33.9. The lowest BCUT2D eigenvalue weighted by atomic mass is 9.70. The fraction of sp³-hybridized carbons (Fsp3) is 0.472. The third-order valence-electron chi connectivity index (χ3n) is 9.59. The number of carbonyl (C=O) groups excluding carboxylic acids is 3. The molecule has 1 N–H and O–H groups in total. The third kappa shape index (κ3) is 5.91. The van der Waals surface area contributed by atoms with Gasteiger partial charge in [0.15, 0.2) is 0 Å². The summed E-state index contributed by atoms with van der Waals surface area (Å²) in [5.74, 6) is -3.11. The van der Waals surface area contributed by atoms with E-state index in [-0.39, 0.29) is 23.9 Å². The van der Waals surface area contributed by atoms with Crippen LogP contribution in [0.4, 0.5) is 11.4 Å². The Morgan fingerprint density at radius 2 is 1.78 bits per heavy atom. The summed E-state index contributed by atoms with van der Waals surface area (Å²) in [5.41, 5.74) is 1.06. The highest BCUT2D eigenvalue weighted by Crippen LogP contribution is 2.61. The molecule has 3 saturated heterocycles. The van der Waals surface area contributed by atoms with Crippen LogP contribution >= 0.6 is 15.9 Å². The lowest BCUT2D eigenvalue weighted by molar-refractivity contribution is -0.155. The Labute approximate surface area is 280 Å². The van der Waals surface area contributed by atoms with Crippen LogP contribution in [0.25, 0.3) is 0 Å². The van der Waals surface area contributed by atoms with Crippen molar-refractivity contribution >= 4 is 45.1 Å². The van der Waals surface area contributed by atoms with Gasteiger partial charge in [-0.1, -0.05) is 58.4 Å². The topological polar surface area (TPSA) is 99.6 Å². The van der Waals surface area contributed by atoms with Crippen molar-refractivity contribution in [2.24, 2.45) is 11.8 Å². The molecule has 3 fully saturated rings. The number of alkyl halides is 1. The van der Waals surface area contributed by atoms with Gasteiger partial charge >= 0.3 is 5.97 Å². The van der Waals surface area contributed by atoms with Crippen molar-refractivity contribution in [2.75, 3.05) is 42.6 Å². The van der Waals surface area contributed by atoms with E-state index >= 15 is 0 Å². The highest BCUT2D eigenvalue weighted by atomic mass is 79.9. The zero-order valence-corrected chi connectivity index (χ0v) is 28.2. The van der Waals surface area contributed by atoms with Gasteiger partial charge < -0.3 is 29.3 Å². The van der Waals surface area contributed by atoms with Gasteiger partial charge in [-0.2, -0.15) is 0 Å². The van der Waals surface area contributed by atoms with Gasteiger partial charge in [0.1, 0.15) is 11.6 Å². The number of ether oxygens (including phenoxy) is 2. The number of nitrogens with zero attached hydrogens (tertiary/aromatic N) is 3. The number of benzene rings is 2. The van der Waals surface area contributed by atoms with Crippen molar-refractivity contribution in [3.8, 4) is 0 Å². The molecule has 5 rings (SSSR count). The number of fused-ring (bicyclic) bond motifs is 1. The van der Waals surface area contributed by atoms with E-state index < -0.39 is 54.1 Å². The molecular formula is C36H44BrN3O6. The SMILES string of the molecule is C=CCCCOC(=O)[C@H]1[C@@H]2OC3(CC2Br)C(C(=O)N(CC=C)c2ccc(N(CC)CC)cc2)N([C@H](CO)c2ccccc2)C(=O)[C@H]13. The first-order chi connectivity index (χ1) is 22.3. The number of esters is 1. The summed E-state index contributed by atoms with van der Waals surface area (Å²) in [6, 6.07) is 15.0. The molecule has 0 radical (unpaired) electrons. The van der Waals surface area contributed by atoms with Crippen LogP contribution in [0.1, 0.15) is 44.7 Å². The highest BCUT2D eigenvalue weighted by molar-refractivity contribution is 9.09. The summed E-state index contributed by atoms with van der Waals surface area (Å²) in [6.45, 7) is 13.5. The number of anilines is 2. The number of likely N-dealkylation sites (tertiary alicyclic amines) is 1. The van der Waals surface area contributed by atoms with E-state index in [1.54, 1.807) is 17.1 Å². The summed E-state index contributed by atoms with van der Waals surface area (Å²) in [4.78, 5) is 48.3. The Kier molecular flexibility index (Phi) is 10.7. The fourth-order valence-electron chi connectivity index (χ4n) is 7.51. The summed E-state index contributed by atoms with van der Waals surface area (Å²) in [7, 11) is 0. The minimum Gasteiger partial charge on any atom is -0.465 e. The van der Waals surface area contributed by atoms with Gasteiger partial charge in [-0.25, -0.2) is 0 Å². The molecule has 2 aromatic carbocycles. The normalized spacial score (nSPS) is 26.8. The summed E-state index contributed by atoms with van der Waals surface area (Å²) < 4.78 is 12.3. The number of hydrogen-bond donors (Lipinski definition) is 1. The average Bonchev–Trinajstić information content (AvgIpc) is 3.67. The van der Waals surface area contributed by atoms with Crippen molar-refractivity contribution in [3.05, 3.63) is 85.5 Å². The Morgan fingerprint density at radius 3 is 2.39 bits per heavy atom. The van der Waals surface area contributed by atoms with E-state index in [2.05, 4.69) is 47.8 Å². The molecule has 10 heteroatoms. The Balaban J connectivity index is 1.58. The van der Waals surface area contributed by atoms with Crippen LogP contribution in [0, 0.1) is 11.8 Å². The van der Waals surface area contributed by atoms with Gasteiger partial charge in [-0.15, -0.1) is 13.2 Å². The number of rotatable bonds is 15. The second-order valence-corrected chi connectivity index (χ2v) is 13.2. The maximum Gasteiger partial charge on any atom is 0.312 e. The van der Waals surface area contributed by atoms with Crippen LogP contribution in [0.2, 0.25) is 0 Å². The van der Waals surface area contributed by atoms with Crippen molar-refractivity contribution < 1.29 is 29.0 Å². The van der Waals surface area contributed by atoms with Crippen LogP contribution in [-0.2, 0) is 23.9 Å². The number of unbranched alkanes of at least 4 members (excludes halogenated alkanes) is 1. The predicted octanol–water partition coefficient (Wildman–Crippen LogP) is 5.04.